The Morgan fingerprint density at radius 3 is 2.10 bits per heavy atom. The van der Waals surface area contributed by atoms with E-state index in [0.717, 1.165) is 0 Å². The Hall–Kier alpha value is 0.320. The van der Waals surface area contributed by atoms with Gasteiger partial charge in [0.2, 0.25) is 0 Å². The van der Waals surface area contributed by atoms with Gasteiger partial charge in [-0.2, -0.15) is 0 Å². The molecule has 0 bridgehead atoms. The number of hydrogen-bond acceptors (Lipinski definition) is 0. The molecule has 0 saturated carbocycles. The first kappa shape index (κ1) is 16.7. The highest BCUT2D eigenvalue weighted by molar-refractivity contribution is 5.85. The van der Waals surface area contributed by atoms with Crippen LogP contribution in [0.15, 0.2) is 12.7 Å². The highest BCUT2D eigenvalue weighted by Gasteiger charge is 1.81. The third-order valence-corrected chi connectivity index (χ3v) is 1.26. The van der Waals surface area contributed by atoms with E-state index in [0.29, 0.717) is 0 Å². The molecule has 0 unspecified atom stereocenters. The molecule has 64 valence electrons. The number of hydrogen-bond donors (Lipinski definition) is 0. The van der Waals surface area contributed by atoms with Gasteiger partial charge < -0.3 is 0 Å². The minimum atomic E-state index is 0. The van der Waals surface area contributed by atoms with Crippen LogP contribution in [0.2, 0.25) is 0 Å². The summed E-state index contributed by atoms with van der Waals surface area (Å²) in [6.45, 7) is 5.89. The molecule has 0 rings (SSSR count). The van der Waals surface area contributed by atoms with Crippen molar-refractivity contribution in [3.05, 3.63) is 12.7 Å². The van der Waals surface area contributed by atoms with Crippen molar-refractivity contribution in [2.45, 2.75) is 39.0 Å². The van der Waals surface area contributed by atoms with Crippen molar-refractivity contribution in [3.63, 3.8) is 0 Å². The van der Waals surface area contributed by atoms with Gasteiger partial charge in [0.1, 0.15) is 0 Å². The van der Waals surface area contributed by atoms with Crippen molar-refractivity contribution in [1.29, 1.82) is 0 Å². The van der Waals surface area contributed by atoms with E-state index in [1.165, 1.54) is 32.1 Å². The third-order valence-electron chi connectivity index (χ3n) is 1.26. The van der Waals surface area contributed by atoms with Crippen LogP contribution in [0.3, 0.4) is 0 Å². The van der Waals surface area contributed by atoms with Gasteiger partial charge in [0, 0.05) is 0 Å². The van der Waals surface area contributed by atoms with Gasteiger partial charge in [0.05, 0.1) is 0 Å². The Kier molecular flexibility index (Phi) is 27.0. The molecular weight excluding hydrogens is 167 g/mol. The molecule has 0 spiro atoms. The lowest BCUT2D eigenvalue weighted by Crippen LogP contribution is -1.71. The number of halogens is 2. The first-order valence-corrected chi connectivity index (χ1v) is 3.52. The molecule has 0 fully saturated rings. The molecule has 0 nitrogen and oxygen atoms in total. The molecule has 0 aliphatic carbocycles. The lowest BCUT2D eigenvalue weighted by atomic mass is 10.2. The smallest absolute Gasteiger partial charge is 0.0353 e. The molecule has 0 radical (unpaired) electrons. The fourth-order valence-electron chi connectivity index (χ4n) is 0.715. The Morgan fingerprint density at radius 1 is 1.10 bits per heavy atom. The fraction of sp³-hybridized carbons (Fsp3) is 0.750. The van der Waals surface area contributed by atoms with Crippen LogP contribution in [0, 0.1) is 0 Å². The Morgan fingerprint density at radius 2 is 1.70 bits per heavy atom. The van der Waals surface area contributed by atoms with Crippen LogP contribution in [0.1, 0.15) is 39.0 Å². The van der Waals surface area contributed by atoms with Gasteiger partial charge in [-0.15, -0.1) is 31.4 Å². The molecule has 0 aromatic rings. The monoisotopic (exact) mass is 184 g/mol. The largest absolute Gasteiger partial charge is 0.147 e. The molecule has 0 aromatic heterocycles. The maximum Gasteiger partial charge on any atom is -0.0353 e. The summed E-state index contributed by atoms with van der Waals surface area (Å²) < 4.78 is 0. The Labute approximate surface area is 76.9 Å². The molecule has 0 aliphatic rings. The van der Waals surface area contributed by atoms with E-state index in [-0.39, 0.29) is 24.8 Å². The van der Waals surface area contributed by atoms with Crippen LogP contribution in [0.25, 0.3) is 0 Å². The maximum atomic E-state index is 3.66. The van der Waals surface area contributed by atoms with Crippen molar-refractivity contribution >= 4 is 24.8 Å². The quantitative estimate of drug-likeness (QED) is 0.448. The molecule has 0 aliphatic heterocycles. The maximum absolute atomic E-state index is 3.66. The SMILES string of the molecule is C=CCCCCCC.Cl.Cl. The zero-order valence-corrected chi connectivity index (χ0v) is 8.27. The predicted molar refractivity (Wildman–Crippen MR) is 53.5 cm³/mol. The van der Waals surface area contributed by atoms with Crippen molar-refractivity contribution in [2.24, 2.45) is 0 Å². The molecule has 0 atom stereocenters. The summed E-state index contributed by atoms with van der Waals surface area (Å²) >= 11 is 0. The van der Waals surface area contributed by atoms with E-state index in [1.807, 2.05) is 6.08 Å². The summed E-state index contributed by atoms with van der Waals surface area (Å²) in [5.74, 6) is 0. The summed E-state index contributed by atoms with van der Waals surface area (Å²) in [6.07, 6.45) is 8.61. The highest BCUT2D eigenvalue weighted by Crippen LogP contribution is 2.01. The second kappa shape index (κ2) is 16.2. The summed E-state index contributed by atoms with van der Waals surface area (Å²) in [7, 11) is 0. The van der Waals surface area contributed by atoms with Crippen LogP contribution in [0.5, 0.6) is 0 Å². The standard InChI is InChI=1S/C8H16.2ClH/c1-3-5-7-8-6-4-2;;/h3H,1,4-8H2,2H3;2*1H. The fourth-order valence-corrected chi connectivity index (χ4v) is 0.715. The van der Waals surface area contributed by atoms with E-state index in [1.54, 1.807) is 0 Å². The van der Waals surface area contributed by atoms with E-state index in [4.69, 9.17) is 0 Å². The van der Waals surface area contributed by atoms with Gasteiger partial charge >= 0.3 is 0 Å². The minimum Gasteiger partial charge on any atom is -0.147 e. The van der Waals surface area contributed by atoms with Crippen LogP contribution < -0.4 is 0 Å². The first-order chi connectivity index (χ1) is 3.91. The van der Waals surface area contributed by atoms with Gasteiger partial charge in [-0.3, -0.25) is 0 Å². The van der Waals surface area contributed by atoms with Gasteiger partial charge in [0.15, 0.2) is 0 Å². The van der Waals surface area contributed by atoms with Gasteiger partial charge in [-0.25, -0.2) is 0 Å². The van der Waals surface area contributed by atoms with Crippen LogP contribution in [-0.4, -0.2) is 0 Å². The molecule has 0 heterocycles. The second-order valence-electron chi connectivity index (χ2n) is 2.14. The van der Waals surface area contributed by atoms with Crippen LogP contribution in [-0.2, 0) is 0 Å². The molecule has 10 heavy (non-hydrogen) atoms. The summed E-state index contributed by atoms with van der Waals surface area (Å²) in [4.78, 5) is 0. The van der Waals surface area contributed by atoms with Crippen molar-refractivity contribution in [1.82, 2.24) is 0 Å². The van der Waals surface area contributed by atoms with E-state index in [9.17, 15) is 0 Å². The number of allylic oxidation sites excluding steroid dienone is 1. The number of rotatable bonds is 5. The van der Waals surface area contributed by atoms with Gasteiger partial charge in [-0.05, 0) is 12.8 Å². The van der Waals surface area contributed by atoms with Crippen molar-refractivity contribution in [2.75, 3.05) is 0 Å². The second-order valence-corrected chi connectivity index (χ2v) is 2.14. The zero-order valence-electron chi connectivity index (χ0n) is 6.64. The topological polar surface area (TPSA) is 0 Å². The van der Waals surface area contributed by atoms with Crippen molar-refractivity contribution < 1.29 is 0 Å². The van der Waals surface area contributed by atoms with E-state index in [2.05, 4.69) is 13.5 Å². The number of unbranched alkanes of at least 4 members (excludes halogenated alkanes) is 4. The molecule has 2 heteroatoms. The average molecular weight is 185 g/mol. The summed E-state index contributed by atoms with van der Waals surface area (Å²) in [5.41, 5.74) is 0. The molecule has 0 amide bonds. The van der Waals surface area contributed by atoms with E-state index >= 15 is 0 Å². The lowest BCUT2D eigenvalue weighted by molar-refractivity contribution is 0.675. The zero-order chi connectivity index (χ0) is 6.24. The van der Waals surface area contributed by atoms with Gasteiger partial charge in [0.25, 0.3) is 0 Å². The molecule has 0 N–H and O–H groups in total. The molecule has 0 saturated heterocycles. The predicted octanol–water partition coefficient (Wildman–Crippen LogP) is 3.99. The Bertz CT molecular complexity index is 53.2. The van der Waals surface area contributed by atoms with Gasteiger partial charge in [-0.1, -0.05) is 32.3 Å². The lowest BCUT2D eigenvalue weighted by Gasteiger charge is -1.91. The third kappa shape index (κ3) is 15.8. The summed E-state index contributed by atoms with van der Waals surface area (Å²) in [5, 5.41) is 0. The average Bonchev–Trinajstić information content (AvgIpc) is 1.81. The molecular formula is C8H18Cl2. The van der Waals surface area contributed by atoms with Crippen LogP contribution in [0.4, 0.5) is 0 Å². The highest BCUT2D eigenvalue weighted by atomic mass is 35.5. The minimum absolute atomic E-state index is 0. The normalized spacial score (nSPS) is 7.30. The Balaban J connectivity index is -0.000000245. The summed E-state index contributed by atoms with van der Waals surface area (Å²) in [6, 6.07) is 0. The first-order valence-electron chi connectivity index (χ1n) is 3.52. The molecule has 0 aromatic carbocycles. The van der Waals surface area contributed by atoms with Crippen molar-refractivity contribution in [3.8, 4) is 0 Å². The van der Waals surface area contributed by atoms with E-state index < -0.39 is 0 Å². The van der Waals surface area contributed by atoms with Crippen LogP contribution >= 0.6 is 24.8 Å².